The van der Waals surface area contributed by atoms with Crippen molar-refractivity contribution in [1.29, 1.82) is 0 Å². The maximum Gasteiger partial charge on any atom is 0.299 e. The molecule has 0 bridgehead atoms. The Hall–Kier alpha value is -1.11. The highest BCUT2D eigenvalue weighted by atomic mass is 32.2. The number of nitrogens with one attached hydrogen (secondary N) is 2. The minimum Gasteiger partial charge on any atom is -0.385 e. The minimum absolute atomic E-state index is 0.184. The summed E-state index contributed by atoms with van der Waals surface area (Å²) in [5.41, 5.74) is 0.199. The van der Waals surface area contributed by atoms with Crippen molar-refractivity contribution in [2.75, 3.05) is 4.72 Å². The van der Waals surface area contributed by atoms with Crippen LogP contribution in [0.5, 0.6) is 0 Å². The average Bonchev–Trinajstić information content (AvgIpc) is 2.24. The van der Waals surface area contributed by atoms with Gasteiger partial charge in [-0.3, -0.25) is 4.72 Å². The molecule has 106 valence electrons. The van der Waals surface area contributed by atoms with Crippen LogP contribution in [0.25, 0.3) is 0 Å². The molecule has 6 heteroatoms. The highest BCUT2D eigenvalue weighted by Gasteiger charge is 2.38. The first-order chi connectivity index (χ1) is 8.82. The fraction of sp³-hybridized carbons (Fsp3) is 0.538. The normalized spacial score (nSPS) is 18.1. The molecule has 0 unspecified atom stereocenters. The lowest BCUT2D eigenvalue weighted by Crippen LogP contribution is -2.38. The summed E-state index contributed by atoms with van der Waals surface area (Å²) in [6, 6.07) is 6.81. The fourth-order valence-electron chi connectivity index (χ4n) is 2.24. The van der Waals surface area contributed by atoms with Crippen LogP contribution in [0.4, 0.5) is 5.69 Å². The molecule has 0 saturated heterocycles. The topological polar surface area (TPSA) is 78.4 Å². The molecule has 19 heavy (non-hydrogen) atoms. The second-order valence-electron chi connectivity index (χ2n) is 5.31. The molecule has 0 heterocycles. The molecule has 0 aliphatic heterocycles. The van der Waals surface area contributed by atoms with E-state index in [0.717, 1.165) is 6.42 Å². The first-order valence-electron chi connectivity index (χ1n) is 6.44. The monoisotopic (exact) mass is 284 g/mol. The van der Waals surface area contributed by atoms with Gasteiger partial charge in [-0.15, -0.1) is 0 Å². The minimum atomic E-state index is -3.61. The zero-order chi connectivity index (χ0) is 14.1. The van der Waals surface area contributed by atoms with E-state index in [4.69, 9.17) is 0 Å². The first kappa shape index (κ1) is 14.3. The predicted octanol–water partition coefficient (Wildman–Crippen LogP) is 1.71. The molecule has 1 saturated carbocycles. The molecule has 0 amide bonds. The van der Waals surface area contributed by atoms with Crippen LogP contribution >= 0.6 is 0 Å². The summed E-state index contributed by atoms with van der Waals surface area (Å²) in [5, 5.41) is 10.4. The van der Waals surface area contributed by atoms with Crippen LogP contribution in [-0.2, 0) is 15.8 Å². The molecule has 2 rings (SSSR count). The molecule has 1 fully saturated rings. The van der Waals surface area contributed by atoms with Gasteiger partial charge in [-0.2, -0.15) is 13.1 Å². The summed E-state index contributed by atoms with van der Waals surface area (Å²) in [6.07, 6.45) is 2.30. The van der Waals surface area contributed by atoms with Crippen LogP contribution in [0.2, 0.25) is 0 Å². The summed E-state index contributed by atoms with van der Waals surface area (Å²) in [7, 11) is -3.61. The third-order valence-corrected chi connectivity index (χ3v) is 4.51. The fourth-order valence-corrected chi connectivity index (χ4v) is 3.39. The smallest absolute Gasteiger partial charge is 0.299 e. The highest BCUT2D eigenvalue weighted by Crippen LogP contribution is 2.43. The third-order valence-electron chi connectivity index (χ3n) is 3.24. The van der Waals surface area contributed by atoms with E-state index in [2.05, 4.69) is 9.44 Å². The van der Waals surface area contributed by atoms with Crippen LogP contribution in [-0.4, -0.2) is 19.6 Å². The van der Waals surface area contributed by atoms with Crippen molar-refractivity contribution in [2.24, 2.45) is 0 Å². The van der Waals surface area contributed by atoms with E-state index in [-0.39, 0.29) is 6.04 Å². The average molecular weight is 284 g/mol. The van der Waals surface area contributed by atoms with E-state index in [0.29, 0.717) is 24.1 Å². The predicted molar refractivity (Wildman–Crippen MR) is 75.0 cm³/mol. The van der Waals surface area contributed by atoms with Gasteiger partial charge in [0.2, 0.25) is 0 Å². The van der Waals surface area contributed by atoms with Crippen molar-refractivity contribution >= 4 is 15.9 Å². The van der Waals surface area contributed by atoms with Crippen LogP contribution in [0.3, 0.4) is 0 Å². The number of aliphatic hydroxyl groups is 1. The van der Waals surface area contributed by atoms with Gasteiger partial charge in [-0.05, 0) is 39.2 Å². The summed E-state index contributed by atoms with van der Waals surface area (Å²) < 4.78 is 28.7. The molecule has 1 aromatic carbocycles. The number of benzene rings is 1. The Balaban J connectivity index is 2.26. The maximum atomic E-state index is 11.9. The SMILES string of the molecule is CC(C)NS(=O)(=O)Nc1ccccc1C1(O)CCC1. The Kier molecular flexibility index (Phi) is 3.85. The van der Waals surface area contributed by atoms with Gasteiger partial charge in [0.15, 0.2) is 0 Å². The maximum absolute atomic E-state index is 11.9. The number of para-hydroxylation sites is 1. The second-order valence-corrected chi connectivity index (χ2v) is 6.76. The highest BCUT2D eigenvalue weighted by molar-refractivity contribution is 7.90. The quantitative estimate of drug-likeness (QED) is 0.770. The second kappa shape index (κ2) is 5.11. The Morgan fingerprint density at radius 3 is 2.42 bits per heavy atom. The zero-order valence-electron chi connectivity index (χ0n) is 11.2. The Bertz CT molecular complexity index is 551. The van der Waals surface area contributed by atoms with Crippen LogP contribution < -0.4 is 9.44 Å². The van der Waals surface area contributed by atoms with Crippen molar-refractivity contribution in [3.63, 3.8) is 0 Å². The standard InChI is InChI=1S/C13H20N2O3S/c1-10(2)14-19(17,18)15-12-7-4-3-6-11(12)13(16)8-5-9-13/h3-4,6-7,10,14-16H,5,8-9H2,1-2H3. The molecular formula is C13H20N2O3S. The molecule has 1 aliphatic rings. The van der Waals surface area contributed by atoms with Crippen molar-refractivity contribution in [2.45, 2.75) is 44.8 Å². The van der Waals surface area contributed by atoms with E-state index in [1.165, 1.54) is 0 Å². The van der Waals surface area contributed by atoms with Crippen molar-refractivity contribution in [1.82, 2.24) is 4.72 Å². The van der Waals surface area contributed by atoms with Crippen LogP contribution in [0.15, 0.2) is 24.3 Å². The largest absolute Gasteiger partial charge is 0.385 e. The van der Waals surface area contributed by atoms with E-state index < -0.39 is 15.8 Å². The van der Waals surface area contributed by atoms with Crippen molar-refractivity contribution < 1.29 is 13.5 Å². The van der Waals surface area contributed by atoms with E-state index in [9.17, 15) is 13.5 Å². The van der Waals surface area contributed by atoms with Gasteiger partial charge in [0.25, 0.3) is 10.2 Å². The molecule has 0 radical (unpaired) electrons. The molecular weight excluding hydrogens is 264 g/mol. The summed E-state index contributed by atoms with van der Waals surface area (Å²) in [4.78, 5) is 0. The Labute approximate surface area is 114 Å². The summed E-state index contributed by atoms with van der Waals surface area (Å²) in [5.74, 6) is 0. The van der Waals surface area contributed by atoms with Crippen LogP contribution in [0, 0.1) is 0 Å². The van der Waals surface area contributed by atoms with Crippen molar-refractivity contribution in [3.05, 3.63) is 29.8 Å². The molecule has 0 atom stereocenters. The lowest BCUT2D eigenvalue weighted by molar-refractivity contribution is -0.0380. The number of anilines is 1. The van der Waals surface area contributed by atoms with Gasteiger partial charge in [0, 0.05) is 11.6 Å². The first-order valence-corrected chi connectivity index (χ1v) is 7.93. The van der Waals surface area contributed by atoms with E-state index >= 15 is 0 Å². The van der Waals surface area contributed by atoms with Crippen LogP contribution in [0.1, 0.15) is 38.7 Å². The van der Waals surface area contributed by atoms with E-state index in [1.807, 2.05) is 0 Å². The zero-order valence-corrected chi connectivity index (χ0v) is 12.0. The molecule has 1 aliphatic carbocycles. The van der Waals surface area contributed by atoms with E-state index in [1.54, 1.807) is 38.1 Å². The van der Waals surface area contributed by atoms with Crippen molar-refractivity contribution in [3.8, 4) is 0 Å². The van der Waals surface area contributed by atoms with Gasteiger partial charge in [0.1, 0.15) is 0 Å². The van der Waals surface area contributed by atoms with Gasteiger partial charge >= 0.3 is 0 Å². The van der Waals surface area contributed by atoms with Gasteiger partial charge in [0.05, 0.1) is 11.3 Å². The number of hydrogen-bond donors (Lipinski definition) is 3. The van der Waals surface area contributed by atoms with Gasteiger partial charge in [-0.25, -0.2) is 0 Å². The lowest BCUT2D eigenvalue weighted by Gasteiger charge is -2.38. The number of hydrogen-bond acceptors (Lipinski definition) is 3. The van der Waals surface area contributed by atoms with Gasteiger partial charge < -0.3 is 5.11 Å². The third kappa shape index (κ3) is 3.26. The molecule has 0 aromatic heterocycles. The molecule has 0 spiro atoms. The summed E-state index contributed by atoms with van der Waals surface area (Å²) >= 11 is 0. The Morgan fingerprint density at radius 2 is 1.89 bits per heavy atom. The summed E-state index contributed by atoms with van der Waals surface area (Å²) in [6.45, 7) is 3.51. The van der Waals surface area contributed by atoms with Gasteiger partial charge in [-0.1, -0.05) is 18.2 Å². The number of rotatable bonds is 5. The molecule has 3 N–H and O–H groups in total. The molecule has 5 nitrogen and oxygen atoms in total. The Morgan fingerprint density at radius 1 is 1.26 bits per heavy atom. The molecule has 1 aromatic rings. The lowest BCUT2D eigenvalue weighted by atomic mass is 9.74.